The Balaban J connectivity index is 1.83. The van der Waals surface area contributed by atoms with Gasteiger partial charge >= 0.3 is 12.1 Å². The van der Waals surface area contributed by atoms with Crippen molar-refractivity contribution in [2.24, 2.45) is 0 Å². The van der Waals surface area contributed by atoms with Crippen LogP contribution >= 0.6 is 0 Å². The highest BCUT2D eigenvalue weighted by Crippen LogP contribution is 2.52. The predicted octanol–water partition coefficient (Wildman–Crippen LogP) is 4.64. The summed E-state index contributed by atoms with van der Waals surface area (Å²) < 4.78 is 73.9. The molecule has 1 fully saturated rings. The SMILES string of the molecule is CC1(c2cc(C(F)(F)C(F)(F)F)nc3c2ccc2nc(-c4nnco4)cn23)CC1. The fourth-order valence-electron chi connectivity index (χ4n) is 3.38. The molecule has 1 saturated carbocycles. The Hall–Kier alpha value is -3.11. The van der Waals surface area contributed by atoms with E-state index in [1.165, 1.54) is 10.6 Å². The molecule has 6 nitrogen and oxygen atoms in total. The van der Waals surface area contributed by atoms with Gasteiger partial charge in [0.05, 0.1) is 0 Å². The third kappa shape index (κ3) is 2.60. The highest BCUT2D eigenvalue weighted by atomic mass is 19.4. The second kappa shape index (κ2) is 5.49. The highest BCUT2D eigenvalue weighted by molar-refractivity contribution is 5.84. The van der Waals surface area contributed by atoms with Crippen LogP contribution in [0.15, 0.2) is 35.2 Å². The van der Waals surface area contributed by atoms with E-state index in [9.17, 15) is 22.0 Å². The van der Waals surface area contributed by atoms with Crippen LogP contribution in [0.2, 0.25) is 0 Å². The van der Waals surface area contributed by atoms with Crippen LogP contribution in [0.25, 0.3) is 28.3 Å². The first-order valence-electron chi connectivity index (χ1n) is 8.65. The van der Waals surface area contributed by atoms with E-state index in [0.29, 0.717) is 29.4 Å². The number of rotatable bonds is 3. The van der Waals surface area contributed by atoms with Crippen LogP contribution < -0.4 is 0 Å². The lowest BCUT2D eigenvalue weighted by Gasteiger charge is -2.22. The largest absolute Gasteiger partial charge is 0.459 e. The summed E-state index contributed by atoms with van der Waals surface area (Å²) in [5, 5.41) is 7.78. The Morgan fingerprint density at radius 2 is 1.86 bits per heavy atom. The average molecular weight is 409 g/mol. The second-order valence-corrected chi connectivity index (χ2v) is 7.36. The lowest BCUT2D eigenvalue weighted by molar-refractivity contribution is -0.290. The van der Waals surface area contributed by atoms with Crippen molar-refractivity contribution in [2.75, 3.05) is 0 Å². The number of aromatic nitrogens is 5. The number of nitrogens with zero attached hydrogens (tertiary/aromatic N) is 5. The molecule has 4 heterocycles. The molecule has 0 bridgehead atoms. The van der Waals surface area contributed by atoms with Crippen LogP contribution in [0.4, 0.5) is 22.0 Å². The number of fused-ring (bicyclic) bond motifs is 3. The van der Waals surface area contributed by atoms with Crippen molar-refractivity contribution >= 4 is 16.7 Å². The molecule has 0 spiro atoms. The Morgan fingerprint density at radius 3 is 2.48 bits per heavy atom. The summed E-state index contributed by atoms with van der Waals surface area (Å²) >= 11 is 0. The van der Waals surface area contributed by atoms with E-state index in [0.717, 1.165) is 12.5 Å². The third-order valence-corrected chi connectivity index (χ3v) is 5.31. The minimum atomic E-state index is -5.76. The minimum Gasteiger partial charge on any atom is -0.422 e. The summed E-state index contributed by atoms with van der Waals surface area (Å²) in [4.78, 5) is 7.99. The first kappa shape index (κ1) is 18.0. The fourth-order valence-corrected chi connectivity index (χ4v) is 3.38. The van der Waals surface area contributed by atoms with E-state index in [1.807, 2.05) is 6.92 Å². The summed E-state index contributed by atoms with van der Waals surface area (Å²) in [7, 11) is 0. The Bertz CT molecular complexity index is 1240. The maximum atomic E-state index is 14.2. The monoisotopic (exact) mass is 409 g/mol. The summed E-state index contributed by atoms with van der Waals surface area (Å²) in [6, 6.07) is 4.15. The van der Waals surface area contributed by atoms with Crippen LogP contribution in [0.5, 0.6) is 0 Å². The van der Waals surface area contributed by atoms with Gasteiger partial charge in [0, 0.05) is 11.6 Å². The van der Waals surface area contributed by atoms with Crippen molar-refractivity contribution in [1.29, 1.82) is 0 Å². The molecule has 0 radical (unpaired) electrons. The van der Waals surface area contributed by atoms with Gasteiger partial charge in [0.15, 0.2) is 0 Å². The molecule has 1 aliphatic rings. The lowest BCUT2D eigenvalue weighted by atomic mass is 9.94. The van der Waals surface area contributed by atoms with E-state index in [1.54, 1.807) is 12.1 Å². The average Bonchev–Trinajstić information content (AvgIpc) is 3.09. The van der Waals surface area contributed by atoms with Crippen LogP contribution in [0.3, 0.4) is 0 Å². The van der Waals surface area contributed by atoms with Crippen molar-refractivity contribution in [2.45, 2.75) is 37.3 Å². The van der Waals surface area contributed by atoms with Gasteiger partial charge < -0.3 is 4.42 Å². The molecule has 1 aliphatic carbocycles. The maximum absolute atomic E-state index is 14.2. The zero-order valence-electron chi connectivity index (χ0n) is 14.8. The molecule has 4 aromatic heterocycles. The quantitative estimate of drug-likeness (QED) is 0.461. The summed E-state index contributed by atoms with van der Waals surface area (Å²) in [5.74, 6) is -4.99. The normalized spacial score (nSPS) is 16.6. The molecule has 0 aliphatic heterocycles. The van der Waals surface area contributed by atoms with Crippen molar-refractivity contribution in [1.82, 2.24) is 24.6 Å². The second-order valence-electron chi connectivity index (χ2n) is 7.36. The Morgan fingerprint density at radius 1 is 1.10 bits per heavy atom. The van der Waals surface area contributed by atoms with Crippen LogP contribution in [0, 0.1) is 0 Å². The molecule has 150 valence electrons. The Labute approximate surface area is 159 Å². The smallest absolute Gasteiger partial charge is 0.422 e. The number of alkyl halides is 5. The molecule has 0 saturated heterocycles. The molecule has 0 unspecified atom stereocenters. The predicted molar refractivity (Wildman–Crippen MR) is 90.3 cm³/mol. The zero-order chi connectivity index (χ0) is 20.6. The first-order valence-corrected chi connectivity index (χ1v) is 8.65. The van der Waals surface area contributed by atoms with Gasteiger partial charge in [-0.3, -0.25) is 4.40 Å². The molecule has 0 N–H and O–H groups in total. The van der Waals surface area contributed by atoms with Gasteiger partial charge in [0.25, 0.3) is 5.89 Å². The standard InChI is InChI=1S/C18H12F5N5O/c1-16(4-5-16)10-6-12(17(19,20)18(21,22)23)26-14-9(10)2-3-13-25-11(7-28(13)14)15-27-24-8-29-15/h2-3,6-8H,4-5H2,1H3. The van der Waals surface area contributed by atoms with Crippen molar-refractivity contribution in [3.05, 3.63) is 42.0 Å². The Kier molecular flexibility index (Phi) is 3.40. The number of hydrogen-bond donors (Lipinski definition) is 0. The summed E-state index contributed by atoms with van der Waals surface area (Å²) in [6.07, 6.45) is -1.85. The molecule has 0 atom stereocenters. The summed E-state index contributed by atoms with van der Waals surface area (Å²) in [5.41, 5.74) is -0.870. The number of pyridine rings is 2. The van der Waals surface area contributed by atoms with Gasteiger partial charge in [-0.1, -0.05) is 6.92 Å². The van der Waals surface area contributed by atoms with Crippen molar-refractivity contribution < 1.29 is 26.4 Å². The highest BCUT2D eigenvalue weighted by Gasteiger charge is 2.60. The van der Waals surface area contributed by atoms with Crippen LogP contribution in [-0.4, -0.2) is 30.7 Å². The topological polar surface area (TPSA) is 69.1 Å². The van der Waals surface area contributed by atoms with Gasteiger partial charge in [-0.15, -0.1) is 10.2 Å². The minimum absolute atomic E-state index is 0.0367. The molecule has 0 amide bonds. The van der Waals surface area contributed by atoms with Gasteiger partial charge in [0.2, 0.25) is 6.39 Å². The van der Waals surface area contributed by atoms with Crippen molar-refractivity contribution in [3.8, 4) is 11.6 Å². The van der Waals surface area contributed by atoms with E-state index < -0.39 is 23.2 Å². The lowest BCUT2D eigenvalue weighted by Crippen LogP contribution is -2.35. The fraction of sp³-hybridized carbons (Fsp3) is 0.333. The molecule has 0 aromatic carbocycles. The molecular weight excluding hydrogens is 397 g/mol. The number of hydrogen-bond acceptors (Lipinski definition) is 5. The van der Waals surface area contributed by atoms with E-state index in [2.05, 4.69) is 20.2 Å². The van der Waals surface area contributed by atoms with Crippen LogP contribution in [-0.2, 0) is 11.3 Å². The number of halogens is 5. The third-order valence-electron chi connectivity index (χ3n) is 5.31. The van der Waals surface area contributed by atoms with E-state index in [4.69, 9.17) is 4.42 Å². The molecule has 5 rings (SSSR count). The van der Waals surface area contributed by atoms with Crippen LogP contribution in [0.1, 0.15) is 31.0 Å². The molecule has 11 heteroatoms. The summed E-state index contributed by atoms with van der Waals surface area (Å²) in [6.45, 7) is 1.83. The van der Waals surface area contributed by atoms with Crippen molar-refractivity contribution in [3.63, 3.8) is 0 Å². The van der Waals surface area contributed by atoms with Gasteiger partial charge in [-0.05, 0) is 42.0 Å². The number of imidazole rings is 1. The van der Waals surface area contributed by atoms with Gasteiger partial charge in [-0.2, -0.15) is 22.0 Å². The molecule has 29 heavy (non-hydrogen) atoms. The maximum Gasteiger partial charge on any atom is 0.459 e. The van der Waals surface area contributed by atoms with Gasteiger partial charge in [-0.25, -0.2) is 9.97 Å². The van der Waals surface area contributed by atoms with Gasteiger partial charge in [0.1, 0.15) is 22.7 Å². The first-order chi connectivity index (χ1) is 13.6. The zero-order valence-corrected chi connectivity index (χ0v) is 14.8. The van der Waals surface area contributed by atoms with E-state index >= 15 is 0 Å². The molecule has 4 aromatic rings. The molecular formula is C18H12F5N5O. The van der Waals surface area contributed by atoms with E-state index in [-0.39, 0.29) is 17.2 Å².